The Hall–Kier alpha value is -3.70. The van der Waals surface area contributed by atoms with Crippen molar-refractivity contribution in [3.8, 4) is 11.5 Å². The average molecular weight is 552 g/mol. The van der Waals surface area contributed by atoms with E-state index in [1.807, 2.05) is 48.5 Å². The van der Waals surface area contributed by atoms with Gasteiger partial charge in [0.1, 0.15) is 32.3 Å². The molecule has 2 aromatic carbocycles. The molecule has 0 saturated carbocycles. The standard InChI is InChI=1S/C27H29N5O4S2/c1-35-21-9-5-7-18(14-21)13-20(33)17-26-31-29-24(37-26)11-3-4-12-25-30-32-27(38-25)28-23(34)16-19-8-6-10-22(15-19)36-2/h5-10,14-15H,3-4,11-13,16-17H2,1-2H3,(H,28,32,34). The third-order valence-electron chi connectivity index (χ3n) is 5.64. The highest BCUT2D eigenvalue weighted by Crippen LogP contribution is 2.20. The van der Waals surface area contributed by atoms with E-state index in [-0.39, 0.29) is 24.5 Å². The van der Waals surface area contributed by atoms with Crippen LogP contribution in [-0.4, -0.2) is 46.3 Å². The zero-order valence-electron chi connectivity index (χ0n) is 21.3. The van der Waals surface area contributed by atoms with Gasteiger partial charge < -0.3 is 14.8 Å². The molecular weight excluding hydrogens is 522 g/mol. The van der Waals surface area contributed by atoms with E-state index in [2.05, 4.69) is 25.7 Å². The van der Waals surface area contributed by atoms with Crippen molar-refractivity contribution >= 4 is 39.5 Å². The maximum atomic E-state index is 12.4. The summed E-state index contributed by atoms with van der Waals surface area (Å²) in [5, 5.41) is 22.6. The maximum absolute atomic E-state index is 12.4. The molecule has 1 amide bonds. The SMILES string of the molecule is COc1cccc(CC(=O)Cc2nnc(CCCCc3nnc(NC(=O)Cc4cccc(OC)c4)s3)s2)c1. The van der Waals surface area contributed by atoms with Crippen LogP contribution in [0, 0.1) is 0 Å². The number of carbonyl (C=O) groups is 2. The van der Waals surface area contributed by atoms with Crippen LogP contribution in [0.5, 0.6) is 11.5 Å². The number of amides is 1. The molecule has 4 rings (SSSR count). The number of hydrogen-bond donors (Lipinski definition) is 1. The lowest BCUT2D eigenvalue weighted by Crippen LogP contribution is -2.14. The number of nitrogens with one attached hydrogen (secondary N) is 1. The van der Waals surface area contributed by atoms with Gasteiger partial charge in [-0.15, -0.1) is 31.7 Å². The van der Waals surface area contributed by atoms with Crippen LogP contribution >= 0.6 is 22.7 Å². The summed E-state index contributed by atoms with van der Waals surface area (Å²) in [6, 6.07) is 15.0. The number of methoxy groups -OCH3 is 2. The Morgan fingerprint density at radius 1 is 0.737 bits per heavy atom. The molecule has 0 aliphatic rings. The van der Waals surface area contributed by atoms with Crippen LogP contribution in [-0.2, 0) is 41.7 Å². The molecule has 0 atom stereocenters. The molecule has 198 valence electrons. The number of unbranched alkanes of at least 4 members (excludes halogenated alkanes) is 1. The first-order valence-electron chi connectivity index (χ1n) is 12.2. The lowest BCUT2D eigenvalue weighted by atomic mass is 10.1. The van der Waals surface area contributed by atoms with Gasteiger partial charge in [0.2, 0.25) is 11.0 Å². The van der Waals surface area contributed by atoms with Crippen molar-refractivity contribution in [3.63, 3.8) is 0 Å². The van der Waals surface area contributed by atoms with Gasteiger partial charge in [-0.05, 0) is 48.2 Å². The molecule has 2 aromatic heterocycles. The highest BCUT2D eigenvalue weighted by Gasteiger charge is 2.12. The molecule has 0 unspecified atom stereocenters. The van der Waals surface area contributed by atoms with E-state index in [0.29, 0.717) is 11.6 Å². The van der Waals surface area contributed by atoms with E-state index in [1.54, 1.807) is 14.2 Å². The minimum absolute atomic E-state index is 0.101. The average Bonchev–Trinajstić information content (AvgIpc) is 3.55. The molecule has 11 heteroatoms. The third-order valence-corrected chi connectivity index (χ3v) is 7.52. The summed E-state index contributed by atoms with van der Waals surface area (Å²) >= 11 is 2.88. The Morgan fingerprint density at radius 2 is 1.32 bits per heavy atom. The highest BCUT2D eigenvalue weighted by atomic mass is 32.1. The molecule has 0 saturated heterocycles. The van der Waals surface area contributed by atoms with Gasteiger partial charge in [-0.2, -0.15) is 0 Å². The number of ether oxygens (including phenoxy) is 2. The van der Waals surface area contributed by atoms with E-state index in [4.69, 9.17) is 9.47 Å². The van der Waals surface area contributed by atoms with Crippen molar-refractivity contribution in [1.29, 1.82) is 0 Å². The van der Waals surface area contributed by atoms with Gasteiger partial charge >= 0.3 is 0 Å². The number of aromatic nitrogens is 4. The monoisotopic (exact) mass is 551 g/mol. The molecule has 0 aliphatic heterocycles. The number of aryl methyl sites for hydroxylation is 2. The molecule has 9 nitrogen and oxygen atoms in total. The van der Waals surface area contributed by atoms with E-state index < -0.39 is 0 Å². The van der Waals surface area contributed by atoms with Crippen LogP contribution in [0.1, 0.15) is 39.0 Å². The van der Waals surface area contributed by atoms with Gasteiger partial charge in [-0.25, -0.2) is 0 Å². The number of rotatable bonds is 14. The van der Waals surface area contributed by atoms with Gasteiger partial charge in [-0.3, -0.25) is 9.59 Å². The van der Waals surface area contributed by atoms with Crippen LogP contribution in [0.4, 0.5) is 5.13 Å². The minimum Gasteiger partial charge on any atom is -0.497 e. The Morgan fingerprint density at radius 3 is 1.97 bits per heavy atom. The summed E-state index contributed by atoms with van der Waals surface area (Å²) in [7, 11) is 3.21. The number of anilines is 1. The Kier molecular flexibility index (Phi) is 9.88. The van der Waals surface area contributed by atoms with Crippen LogP contribution in [0.2, 0.25) is 0 Å². The second kappa shape index (κ2) is 13.7. The summed E-state index contributed by atoms with van der Waals surface area (Å²) in [6.07, 6.45) is 4.27. The first-order valence-corrected chi connectivity index (χ1v) is 13.8. The molecule has 1 N–H and O–H groups in total. The number of Topliss-reactive ketones (excluding diaryl/α,β-unsaturated/α-hetero) is 1. The number of nitrogens with zero attached hydrogens (tertiary/aromatic N) is 4. The zero-order valence-corrected chi connectivity index (χ0v) is 22.9. The second-order valence-electron chi connectivity index (χ2n) is 8.62. The Balaban J connectivity index is 1.15. The van der Waals surface area contributed by atoms with E-state index in [0.717, 1.165) is 63.3 Å². The third kappa shape index (κ3) is 8.42. The minimum atomic E-state index is -0.144. The fourth-order valence-corrected chi connectivity index (χ4v) is 5.50. The molecule has 38 heavy (non-hydrogen) atoms. The fourth-order valence-electron chi connectivity index (χ4n) is 3.79. The maximum Gasteiger partial charge on any atom is 0.230 e. The molecular formula is C27H29N5O4S2. The van der Waals surface area contributed by atoms with Gasteiger partial charge in [0.15, 0.2) is 0 Å². The second-order valence-corrected chi connectivity index (χ2v) is 10.8. The first-order chi connectivity index (χ1) is 18.5. The summed E-state index contributed by atoms with van der Waals surface area (Å²) in [4.78, 5) is 24.8. The normalized spacial score (nSPS) is 10.8. The largest absolute Gasteiger partial charge is 0.497 e. The van der Waals surface area contributed by atoms with Crippen LogP contribution in [0.25, 0.3) is 0 Å². The van der Waals surface area contributed by atoms with Crippen molar-refractivity contribution in [2.24, 2.45) is 0 Å². The van der Waals surface area contributed by atoms with E-state index >= 15 is 0 Å². The van der Waals surface area contributed by atoms with Crippen molar-refractivity contribution in [2.45, 2.75) is 44.9 Å². The summed E-state index contributed by atoms with van der Waals surface area (Å²) < 4.78 is 10.4. The zero-order chi connectivity index (χ0) is 26.7. The van der Waals surface area contributed by atoms with Gasteiger partial charge in [-0.1, -0.05) is 35.6 Å². The molecule has 4 aromatic rings. The van der Waals surface area contributed by atoms with E-state index in [9.17, 15) is 9.59 Å². The lowest BCUT2D eigenvalue weighted by Gasteiger charge is -2.04. The molecule has 0 aliphatic carbocycles. The highest BCUT2D eigenvalue weighted by molar-refractivity contribution is 7.15. The van der Waals surface area contributed by atoms with Crippen LogP contribution in [0.3, 0.4) is 0 Å². The quantitative estimate of drug-likeness (QED) is 0.228. The lowest BCUT2D eigenvalue weighted by molar-refractivity contribution is -0.118. The Bertz CT molecular complexity index is 1270. The van der Waals surface area contributed by atoms with Gasteiger partial charge in [0, 0.05) is 19.3 Å². The number of carbonyl (C=O) groups excluding carboxylic acids is 2. The topological polar surface area (TPSA) is 116 Å². The predicted molar refractivity (Wildman–Crippen MR) is 147 cm³/mol. The van der Waals surface area contributed by atoms with Crippen molar-refractivity contribution in [3.05, 3.63) is 74.7 Å². The van der Waals surface area contributed by atoms with Crippen molar-refractivity contribution in [1.82, 2.24) is 20.4 Å². The van der Waals surface area contributed by atoms with Crippen molar-refractivity contribution in [2.75, 3.05) is 19.5 Å². The summed E-state index contributed by atoms with van der Waals surface area (Å²) in [5.74, 6) is 1.42. The van der Waals surface area contributed by atoms with Crippen molar-refractivity contribution < 1.29 is 19.1 Å². The molecule has 0 bridgehead atoms. The molecule has 0 fully saturated rings. The summed E-state index contributed by atoms with van der Waals surface area (Å²) in [6.45, 7) is 0. The number of hydrogen-bond acceptors (Lipinski definition) is 10. The van der Waals surface area contributed by atoms with Crippen LogP contribution in [0.15, 0.2) is 48.5 Å². The predicted octanol–water partition coefficient (Wildman–Crippen LogP) is 4.51. The summed E-state index contributed by atoms with van der Waals surface area (Å²) in [5.41, 5.74) is 1.79. The smallest absolute Gasteiger partial charge is 0.230 e. The Labute approximate surface area is 229 Å². The fraction of sp³-hybridized carbons (Fsp3) is 0.333. The molecule has 2 heterocycles. The van der Waals surface area contributed by atoms with Crippen LogP contribution < -0.4 is 14.8 Å². The number of ketones is 1. The first kappa shape index (κ1) is 27.3. The molecule has 0 radical (unpaired) electrons. The molecule has 0 spiro atoms. The van der Waals surface area contributed by atoms with Gasteiger partial charge in [0.05, 0.1) is 27.1 Å². The number of benzene rings is 2. The van der Waals surface area contributed by atoms with E-state index in [1.165, 1.54) is 22.7 Å². The van der Waals surface area contributed by atoms with Gasteiger partial charge in [0.25, 0.3) is 0 Å².